The van der Waals surface area contributed by atoms with Gasteiger partial charge in [0.2, 0.25) is 0 Å². The van der Waals surface area contributed by atoms with Gasteiger partial charge in [-0.05, 0) is 52.7 Å². The van der Waals surface area contributed by atoms with Gasteiger partial charge in [-0.25, -0.2) is 14.5 Å². The van der Waals surface area contributed by atoms with Crippen LogP contribution in [0.15, 0.2) is 18.3 Å². The molecule has 1 N–H and O–H groups in total. The average molecular weight is 366 g/mol. The summed E-state index contributed by atoms with van der Waals surface area (Å²) in [4.78, 5) is 41.8. The van der Waals surface area contributed by atoms with E-state index in [0.717, 1.165) is 4.90 Å². The molecule has 0 unspecified atom stereocenters. The summed E-state index contributed by atoms with van der Waals surface area (Å²) in [5, 5.41) is 8.92. The molecule has 0 aliphatic carbocycles. The number of hydrogen-bond donors (Lipinski definition) is 1. The van der Waals surface area contributed by atoms with E-state index in [-0.39, 0.29) is 31.0 Å². The number of pyridine rings is 1. The number of unbranched alkanes of at least 4 members (excludes halogenated alkanes) is 1. The highest BCUT2D eigenvalue weighted by atomic mass is 16.6. The van der Waals surface area contributed by atoms with Gasteiger partial charge < -0.3 is 14.6 Å². The molecular weight excluding hydrogens is 340 g/mol. The predicted octanol–water partition coefficient (Wildman–Crippen LogP) is 2.41. The second-order valence-corrected chi connectivity index (χ2v) is 6.52. The van der Waals surface area contributed by atoms with Crippen LogP contribution in [0.1, 0.15) is 61.4 Å². The van der Waals surface area contributed by atoms with Gasteiger partial charge in [0, 0.05) is 19.3 Å². The first-order valence-electron chi connectivity index (χ1n) is 8.48. The summed E-state index contributed by atoms with van der Waals surface area (Å²) >= 11 is 0. The Kier molecular flexibility index (Phi) is 8.18. The molecule has 0 saturated heterocycles. The highest BCUT2D eigenvalue weighted by molar-refractivity contribution is 6.03. The van der Waals surface area contributed by atoms with Crippen LogP contribution in [-0.4, -0.2) is 58.3 Å². The molecule has 0 aliphatic rings. The Morgan fingerprint density at radius 2 is 1.92 bits per heavy atom. The van der Waals surface area contributed by atoms with Gasteiger partial charge in [-0.1, -0.05) is 0 Å². The van der Waals surface area contributed by atoms with Gasteiger partial charge >= 0.3 is 12.1 Å². The summed E-state index contributed by atoms with van der Waals surface area (Å²) in [6.45, 7) is 6.99. The molecule has 1 aromatic rings. The van der Waals surface area contributed by atoms with Crippen LogP contribution in [-0.2, 0) is 9.47 Å². The second-order valence-electron chi connectivity index (χ2n) is 6.52. The van der Waals surface area contributed by atoms with Crippen LogP contribution in [0.25, 0.3) is 0 Å². The van der Waals surface area contributed by atoms with E-state index in [2.05, 4.69) is 4.98 Å². The number of aromatic nitrogens is 1. The van der Waals surface area contributed by atoms with E-state index in [4.69, 9.17) is 14.6 Å². The standard InChI is InChI=1S/C18H26N2O6/c1-5-25-16(23)13-8-9-19-14(12-13)15(22)20(10-6-7-11-21)17(24)26-18(2,3)4/h8-9,12,21H,5-7,10-11H2,1-4H3. The molecule has 0 saturated carbocycles. The molecule has 1 aromatic heterocycles. The van der Waals surface area contributed by atoms with Crippen LogP contribution in [0.3, 0.4) is 0 Å². The fourth-order valence-electron chi connectivity index (χ4n) is 2.00. The molecule has 8 nitrogen and oxygen atoms in total. The van der Waals surface area contributed by atoms with E-state index in [1.165, 1.54) is 18.3 Å². The van der Waals surface area contributed by atoms with Crippen molar-refractivity contribution in [3.8, 4) is 0 Å². The minimum Gasteiger partial charge on any atom is -0.462 e. The smallest absolute Gasteiger partial charge is 0.417 e. The van der Waals surface area contributed by atoms with Crippen LogP contribution in [0.4, 0.5) is 4.79 Å². The van der Waals surface area contributed by atoms with E-state index in [1.54, 1.807) is 27.7 Å². The Morgan fingerprint density at radius 3 is 2.50 bits per heavy atom. The Balaban J connectivity index is 3.05. The van der Waals surface area contributed by atoms with Crippen molar-refractivity contribution in [2.24, 2.45) is 0 Å². The number of aliphatic hydroxyl groups is 1. The molecule has 8 heteroatoms. The van der Waals surface area contributed by atoms with E-state index in [9.17, 15) is 14.4 Å². The number of imide groups is 1. The fourth-order valence-corrected chi connectivity index (χ4v) is 2.00. The zero-order chi connectivity index (χ0) is 19.7. The van der Waals surface area contributed by atoms with Crippen LogP contribution < -0.4 is 0 Å². The van der Waals surface area contributed by atoms with Gasteiger partial charge in [0.15, 0.2) is 0 Å². The van der Waals surface area contributed by atoms with Crippen molar-refractivity contribution in [2.75, 3.05) is 19.8 Å². The summed E-state index contributed by atoms with van der Waals surface area (Å²) < 4.78 is 10.2. The Hall–Kier alpha value is -2.48. The first-order chi connectivity index (χ1) is 12.2. The lowest BCUT2D eigenvalue weighted by atomic mass is 10.2. The SMILES string of the molecule is CCOC(=O)c1ccnc(C(=O)N(CCCCO)C(=O)OC(C)(C)C)c1. The number of carbonyl (C=O) groups is 3. The maximum atomic E-state index is 12.7. The molecule has 0 atom stereocenters. The third kappa shape index (κ3) is 6.79. The number of nitrogens with zero attached hydrogens (tertiary/aromatic N) is 2. The van der Waals surface area contributed by atoms with Crippen molar-refractivity contribution in [3.05, 3.63) is 29.6 Å². The minimum atomic E-state index is -0.802. The van der Waals surface area contributed by atoms with Gasteiger partial charge in [0.1, 0.15) is 11.3 Å². The monoisotopic (exact) mass is 366 g/mol. The van der Waals surface area contributed by atoms with Crippen LogP contribution in [0, 0.1) is 0 Å². The molecule has 0 aliphatic heterocycles. The zero-order valence-corrected chi connectivity index (χ0v) is 15.7. The molecule has 0 spiro atoms. The minimum absolute atomic E-state index is 0.0487. The van der Waals surface area contributed by atoms with Crippen molar-refractivity contribution in [1.82, 2.24) is 9.88 Å². The Bertz CT molecular complexity index is 639. The summed E-state index contributed by atoms with van der Waals surface area (Å²) in [6.07, 6.45) is 1.35. The molecule has 1 rings (SSSR count). The van der Waals surface area contributed by atoms with Crippen LogP contribution >= 0.6 is 0 Å². The number of esters is 1. The van der Waals surface area contributed by atoms with E-state index in [0.29, 0.717) is 12.8 Å². The van der Waals surface area contributed by atoms with Crippen LogP contribution in [0.5, 0.6) is 0 Å². The highest BCUT2D eigenvalue weighted by Gasteiger charge is 2.29. The van der Waals surface area contributed by atoms with Crippen molar-refractivity contribution < 1.29 is 29.0 Å². The summed E-state index contributed by atoms with van der Waals surface area (Å²) in [5.41, 5.74) is -0.664. The van der Waals surface area contributed by atoms with Crippen molar-refractivity contribution in [2.45, 2.75) is 46.1 Å². The predicted molar refractivity (Wildman–Crippen MR) is 93.8 cm³/mol. The number of hydrogen-bond acceptors (Lipinski definition) is 7. The number of carbonyl (C=O) groups excluding carboxylic acids is 3. The van der Waals surface area contributed by atoms with Crippen LogP contribution in [0.2, 0.25) is 0 Å². The molecule has 144 valence electrons. The molecule has 0 radical (unpaired) electrons. The fraction of sp³-hybridized carbons (Fsp3) is 0.556. The number of aliphatic hydroxyl groups excluding tert-OH is 1. The summed E-state index contributed by atoms with van der Waals surface area (Å²) in [5.74, 6) is -1.25. The summed E-state index contributed by atoms with van der Waals surface area (Å²) in [6, 6.07) is 2.71. The van der Waals surface area contributed by atoms with Gasteiger partial charge in [-0.15, -0.1) is 0 Å². The molecule has 0 fully saturated rings. The van der Waals surface area contributed by atoms with Gasteiger partial charge in [-0.2, -0.15) is 0 Å². The Morgan fingerprint density at radius 1 is 1.23 bits per heavy atom. The maximum Gasteiger partial charge on any atom is 0.417 e. The first kappa shape index (κ1) is 21.6. The lowest BCUT2D eigenvalue weighted by Crippen LogP contribution is -2.41. The molecular formula is C18H26N2O6. The first-order valence-corrected chi connectivity index (χ1v) is 8.48. The number of ether oxygens (including phenoxy) is 2. The summed E-state index contributed by atoms with van der Waals surface area (Å²) in [7, 11) is 0. The van der Waals surface area contributed by atoms with Gasteiger partial charge in [0.25, 0.3) is 5.91 Å². The van der Waals surface area contributed by atoms with Crippen molar-refractivity contribution >= 4 is 18.0 Å². The Labute approximate surface area is 153 Å². The molecule has 26 heavy (non-hydrogen) atoms. The lowest BCUT2D eigenvalue weighted by molar-refractivity contribution is 0.0234. The third-order valence-electron chi connectivity index (χ3n) is 3.14. The topological polar surface area (TPSA) is 106 Å². The average Bonchev–Trinajstić information content (AvgIpc) is 2.57. The van der Waals surface area contributed by atoms with Gasteiger partial charge in [-0.3, -0.25) is 9.78 Å². The lowest BCUT2D eigenvalue weighted by Gasteiger charge is -2.26. The quantitative estimate of drug-likeness (QED) is 0.583. The molecule has 0 bridgehead atoms. The number of amides is 2. The number of rotatable bonds is 7. The highest BCUT2D eigenvalue weighted by Crippen LogP contribution is 2.14. The van der Waals surface area contributed by atoms with Gasteiger partial charge in [0.05, 0.1) is 12.2 Å². The van der Waals surface area contributed by atoms with Crippen molar-refractivity contribution in [1.29, 1.82) is 0 Å². The molecule has 0 aromatic carbocycles. The largest absolute Gasteiger partial charge is 0.462 e. The van der Waals surface area contributed by atoms with Crippen molar-refractivity contribution in [3.63, 3.8) is 0 Å². The van der Waals surface area contributed by atoms with E-state index >= 15 is 0 Å². The maximum absolute atomic E-state index is 12.7. The van der Waals surface area contributed by atoms with E-state index < -0.39 is 23.6 Å². The second kappa shape index (κ2) is 9.86. The van der Waals surface area contributed by atoms with E-state index in [1.807, 2.05) is 0 Å². The zero-order valence-electron chi connectivity index (χ0n) is 15.7. The molecule has 2 amide bonds. The normalized spacial score (nSPS) is 11.0. The third-order valence-corrected chi connectivity index (χ3v) is 3.14. The molecule has 1 heterocycles.